The zero-order valence-corrected chi connectivity index (χ0v) is 21.1. The molecule has 35 heavy (non-hydrogen) atoms. The van der Waals surface area contributed by atoms with E-state index >= 15 is 0 Å². The second-order valence-electron chi connectivity index (χ2n) is 8.40. The molecule has 0 aliphatic rings. The van der Waals surface area contributed by atoms with Crippen LogP contribution in [-0.4, -0.2) is 39.9 Å². The van der Waals surface area contributed by atoms with Gasteiger partial charge in [0.15, 0.2) is 11.1 Å². The number of nitrogens with zero attached hydrogens (tertiary/aromatic N) is 4. The van der Waals surface area contributed by atoms with E-state index in [0.29, 0.717) is 33.5 Å². The molecule has 9 nitrogen and oxygen atoms in total. The van der Waals surface area contributed by atoms with Crippen LogP contribution in [0.2, 0.25) is 5.15 Å². The molecule has 0 fully saturated rings. The number of hydroxylamine groups is 2. The fourth-order valence-electron chi connectivity index (χ4n) is 3.96. The van der Waals surface area contributed by atoms with Crippen molar-refractivity contribution in [1.29, 1.82) is 0 Å². The van der Waals surface area contributed by atoms with Gasteiger partial charge < -0.3 is 9.73 Å². The lowest BCUT2D eigenvalue weighted by molar-refractivity contribution is -0.0759. The van der Waals surface area contributed by atoms with Crippen LogP contribution in [0.3, 0.4) is 0 Å². The summed E-state index contributed by atoms with van der Waals surface area (Å²) < 4.78 is 8.00. The number of aryl methyl sites for hydroxylation is 2. The SMILES string of the molecule is CON(C)C(=O)c1nc(Cl)ccc1N[C@H](C)c1cc(C)cc2c(=O)c(C)c(-c3cnn(C)c3)oc12. The maximum Gasteiger partial charge on any atom is 0.297 e. The second-order valence-corrected chi connectivity index (χ2v) is 8.79. The average molecular weight is 496 g/mol. The van der Waals surface area contributed by atoms with Gasteiger partial charge in [-0.1, -0.05) is 17.7 Å². The summed E-state index contributed by atoms with van der Waals surface area (Å²) in [6.45, 7) is 5.59. The molecule has 4 rings (SSSR count). The van der Waals surface area contributed by atoms with Crippen LogP contribution in [0.25, 0.3) is 22.3 Å². The number of carbonyl (C=O) groups is 1. The van der Waals surface area contributed by atoms with E-state index in [-0.39, 0.29) is 22.3 Å². The predicted molar refractivity (Wildman–Crippen MR) is 135 cm³/mol. The van der Waals surface area contributed by atoms with Gasteiger partial charge in [-0.05, 0) is 44.5 Å². The molecule has 0 saturated carbocycles. The average Bonchev–Trinajstić information content (AvgIpc) is 3.27. The van der Waals surface area contributed by atoms with Crippen molar-refractivity contribution in [2.24, 2.45) is 7.05 Å². The van der Waals surface area contributed by atoms with Crippen molar-refractivity contribution in [3.63, 3.8) is 0 Å². The standard InChI is InChI=1S/C25H26ClN5O4/c1-13-9-17(15(3)28-19-7-8-20(26)29-21(19)25(33)31(5)34-6)24-18(10-13)22(32)14(2)23(35-24)16-11-27-30(4)12-16/h7-12,15,28H,1-6H3/t15-/m1/s1. The third kappa shape index (κ3) is 4.65. The molecule has 4 aromatic rings. The molecule has 1 aromatic carbocycles. The van der Waals surface area contributed by atoms with Gasteiger partial charge in [0.1, 0.15) is 16.5 Å². The fraction of sp³-hybridized carbons (Fsp3) is 0.280. The Morgan fingerprint density at radius 3 is 2.69 bits per heavy atom. The number of hydrogen-bond acceptors (Lipinski definition) is 7. The van der Waals surface area contributed by atoms with Gasteiger partial charge in [0.25, 0.3) is 5.91 Å². The van der Waals surface area contributed by atoms with Crippen LogP contribution in [-0.2, 0) is 11.9 Å². The number of aromatic nitrogens is 3. The molecule has 0 unspecified atom stereocenters. The van der Waals surface area contributed by atoms with Crippen molar-refractivity contribution >= 4 is 34.2 Å². The van der Waals surface area contributed by atoms with Crippen molar-refractivity contribution < 1.29 is 14.0 Å². The predicted octanol–water partition coefficient (Wildman–Crippen LogP) is 4.67. The van der Waals surface area contributed by atoms with E-state index in [4.69, 9.17) is 20.9 Å². The molecule has 3 aromatic heterocycles. The summed E-state index contributed by atoms with van der Waals surface area (Å²) >= 11 is 6.06. The van der Waals surface area contributed by atoms with E-state index in [0.717, 1.165) is 16.2 Å². The molecular weight excluding hydrogens is 470 g/mol. The Labute approximate surface area is 207 Å². The Kier molecular flexibility index (Phi) is 6.64. The normalized spacial score (nSPS) is 12.1. The van der Waals surface area contributed by atoms with E-state index in [2.05, 4.69) is 15.4 Å². The van der Waals surface area contributed by atoms with E-state index in [1.807, 2.05) is 26.0 Å². The van der Waals surface area contributed by atoms with Crippen molar-refractivity contribution in [3.05, 3.63) is 74.4 Å². The number of carbonyl (C=O) groups excluding carboxylic acids is 1. The van der Waals surface area contributed by atoms with Crippen LogP contribution in [0.15, 0.2) is 45.9 Å². The van der Waals surface area contributed by atoms with E-state index < -0.39 is 5.91 Å². The quantitative estimate of drug-likeness (QED) is 0.306. The molecule has 3 heterocycles. The first-order valence-corrected chi connectivity index (χ1v) is 11.3. The summed E-state index contributed by atoms with van der Waals surface area (Å²) in [5.74, 6) is 0.0125. The minimum Gasteiger partial charge on any atom is -0.455 e. The monoisotopic (exact) mass is 495 g/mol. The maximum atomic E-state index is 13.3. The highest BCUT2D eigenvalue weighted by Crippen LogP contribution is 2.32. The molecule has 1 N–H and O–H groups in total. The van der Waals surface area contributed by atoms with E-state index in [1.165, 1.54) is 14.2 Å². The van der Waals surface area contributed by atoms with Crippen molar-refractivity contribution in [2.75, 3.05) is 19.5 Å². The summed E-state index contributed by atoms with van der Waals surface area (Å²) in [6, 6.07) is 6.70. The summed E-state index contributed by atoms with van der Waals surface area (Å²) in [5.41, 5.74) is 3.84. The molecule has 10 heteroatoms. The number of hydrogen-bond donors (Lipinski definition) is 1. The summed E-state index contributed by atoms with van der Waals surface area (Å²) in [5, 5.41) is 9.27. The molecule has 0 aliphatic carbocycles. The van der Waals surface area contributed by atoms with Crippen molar-refractivity contribution in [1.82, 2.24) is 19.8 Å². The number of pyridine rings is 1. The lowest BCUT2D eigenvalue weighted by Gasteiger charge is -2.21. The Balaban J connectivity index is 1.84. The minimum absolute atomic E-state index is 0.104. The molecule has 1 amide bonds. The molecule has 182 valence electrons. The van der Waals surface area contributed by atoms with Gasteiger partial charge in [0.2, 0.25) is 0 Å². The number of nitrogens with one attached hydrogen (secondary N) is 1. The fourth-order valence-corrected chi connectivity index (χ4v) is 4.11. The van der Waals surface area contributed by atoms with Gasteiger partial charge in [0.05, 0.1) is 36.0 Å². The first kappa shape index (κ1) is 24.4. The van der Waals surface area contributed by atoms with Crippen LogP contribution in [0.4, 0.5) is 5.69 Å². The highest BCUT2D eigenvalue weighted by atomic mass is 35.5. The van der Waals surface area contributed by atoms with E-state index in [9.17, 15) is 9.59 Å². The van der Waals surface area contributed by atoms with Crippen LogP contribution in [0.1, 0.15) is 40.1 Å². The highest BCUT2D eigenvalue weighted by molar-refractivity contribution is 6.29. The van der Waals surface area contributed by atoms with Crippen LogP contribution in [0, 0.1) is 13.8 Å². The molecule has 0 radical (unpaired) electrons. The second kappa shape index (κ2) is 9.52. The van der Waals surface area contributed by atoms with Gasteiger partial charge in [-0.15, -0.1) is 0 Å². The lowest BCUT2D eigenvalue weighted by atomic mass is 9.99. The number of halogens is 1. The molecular formula is C25H26ClN5O4. The van der Waals surface area contributed by atoms with Crippen molar-refractivity contribution in [2.45, 2.75) is 26.8 Å². The first-order valence-electron chi connectivity index (χ1n) is 10.9. The number of amides is 1. The smallest absolute Gasteiger partial charge is 0.297 e. The number of rotatable bonds is 6. The Bertz CT molecular complexity index is 1490. The summed E-state index contributed by atoms with van der Waals surface area (Å²) in [6.07, 6.45) is 3.46. The number of fused-ring (bicyclic) bond motifs is 1. The van der Waals surface area contributed by atoms with E-state index in [1.54, 1.807) is 43.2 Å². The highest BCUT2D eigenvalue weighted by Gasteiger charge is 2.23. The Morgan fingerprint density at radius 2 is 2.03 bits per heavy atom. The third-order valence-electron chi connectivity index (χ3n) is 5.82. The lowest BCUT2D eigenvalue weighted by Crippen LogP contribution is -2.27. The summed E-state index contributed by atoms with van der Waals surface area (Å²) in [7, 11) is 4.68. The largest absolute Gasteiger partial charge is 0.455 e. The Morgan fingerprint density at radius 1 is 1.29 bits per heavy atom. The van der Waals surface area contributed by atoms with Gasteiger partial charge in [0, 0.05) is 31.4 Å². The van der Waals surface area contributed by atoms with Gasteiger partial charge in [-0.3, -0.25) is 19.1 Å². The molecule has 0 bridgehead atoms. The summed E-state index contributed by atoms with van der Waals surface area (Å²) in [4.78, 5) is 35.3. The zero-order valence-electron chi connectivity index (χ0n) is 20.3. The molecule has 0 spiro atoms. The molecule has 0 aliphatic heterocycles. The van der Waals surface area contributed by atoms with Crippen LogP contribution in [0.5, 0.6) is 0 Å². The number of anilines is 1. The topological polar surface area (TPSA) is 102 Å². The first-order chi connectivity index (χ1) is 16.6. The Hall–Kier alpha value is -3.69. The van der Waals surface area contributed by atoms with Gasteiger partial charge in [-0.25, -0.2) is 10.0 Å². The van der Waals surface area contributed by atoms with Crippen molar-refractivity contribution in [3.8, 4) is 11.3 Å². The van der Waals surface area contributed by atoms with Gasteiger partial charge >= 0.3 is 0 Å². The van der Waals surface area contributed by atoms with Crippen LogP contribution < -0.4 is 10.7 Å². The third-order valence-corrected chi connectivity index (χ3v) is 6.03. The minimum atomic E-state index is -0.458. The van der Waals surface area contributed by atoms with Gasteiger partial charge in [-0.2, -0.15) is 5.10 Å². The van der Waals surface area contributed by atoms with Crippen LogP contribution >= 0.6 is 11.6 Å². The molecule has 0 saturated heterocycles. The number of benzene rings is 1. The maximum absolute atomic E-state index is 13.3. The molecule has 1 atom stereocenters. The zero-order chi connectivity index (χ0) is 25.4.